The zero-order chi connectivity index (χ0) is 25.4. The van der Waals surface area contributed by atoms with Crippen LogP contribution >= 0.6 is 11.6 Å². The van der Waals surface area contributed by atoms with Crippen LogP contribution in [0.2, 0.25) is 0 Å². The van der Waals surface area contributed by atoms with Crippen LogP contribution in [-0.4, -0.2) is 6.38 Å². The maximum atomic E-state index is 5.92. The van der Waals surface area contributed by atoms with Crippen LogP contribution in [0.1, 0.15) is 56.2 Å². The van der Waals surface area contributed by atoms with Gasteiger partial charge >= 0.3 is 0 Å². The summed E-state index contributed by atoms with van der Waals surface area (Å²) in [7, 11) is 0. The SMILES string of the molecule is CC(C)c1cc(-c2ccc3ccccc3c2)cc(C(C)C)c1N(/C=C\N)Cc1ccccc1.CCl. The molecular weight excluding hydrogens is 448 g/mol. The third kappa shape index (κ3) is 6.26. The van der Waals surface area contributed by atoms with Crippen LogP contribution < -0.4 is 10.6 Å². The van der Waals surface area contributed by atoms with E-state index in [-0.39, 0.29) is 0 Å². The molecule has 3 heteroatoms. The normalized spacial score (nSPS) is 11.2. The van der Waals surface area contributed by atoms with Crippen LogP contribution in [-0.2, 0) is 6.54 Å². The molecule has 4 rings (SSSR count). The lowest BCUT2D eigenvalue weighted by Crippen LogP contribution is -2.20. The number of rotatable bonds is 7. The van der Waals surface area contributed by atoms with Crippen LogP contribution in [0.15, 0.2) is 97.3 Å². The first-order chi connectivity index (χ1) is 17.0. The zero-order valence-corrected chi connectivity index (χ0v) is 22.3. The standard InChI is InChI=1S/C31H34N2.CH3Cl/c1-22(2)29-19-28(27-15-14-25-12-8-9-13-26(25)18-27)20-30(23(3)4)31(29)33(17-16-32)21-24-10-6-5-7-11-24;1-2/h5-20,22-23H,21,32H2,1-4H3;1H3/b17-16-;. The van der Waals surface area contributed by atoms with Crippen molar-refractivity contribution in [2.75, 3.05) is 11.3 Å². The lowest BCUT2D eigenvalue weighted by atomic mass is 9.87. The molecule has 0 aromatic heterocycles. The molecule has 0 bridgehead atoms. The van der Waals surface area contributed by atoms with Crippen molar-refractivity contribution in [3.8, 4) is 11.1 Å². The Balaban J connectivity index is 0.00000167. The van der Waals surface area contributed by atoms with Crippen LogP contribution in [0.25, 0.3) is 21.9 Å². The Morgan fingerprint density at radius 1 is 0.714 bits per heavy atom. The second-order valence-corrected chi connectivity index (χ2v) is 9.33. The van der Waals surface area contributed by atoms with Crippen LogP contribution in [0.5, 0.6) is 0 Å². The molecule has 0 fully saturated rings. The number of hydrogen-bond donors (Lipinski definition) is 1. The van der Waals surface area contributed by atoms with Crippen LogP contribution in [0.3, 0.4) is 0 Å². The minimum absolute atomic E-state index is 0.377. The first-order valence-corrected chi connectivity index (χ1v) is 13.0. The number of nitrogens with two attached hydrogens (primary N) is 1. The monoisotopic (exact) mass is 484 g/mol. The molecule has 0 saturated heterocycles. The van der Waals surface area contributed by atoms with Gasteiger partial charge in [-0.2, -0.15) is 0 Å². The number of alkyl halides is 1. The molecule has 0 radical (unpaired) electrons. The van der Waals surface area contributed by atoms with Gasteiger partial charge in [0.15, 0.2) is 0 Å². The molecule has 35 heavy (non-hydrogen) atoms. The first kappa shape index (κ1) is 26.4. The Morgan fingerprint density at radius 3 is 1.86 bits per heavy atom. The molecule has 4 aromatic rings. The second kappa shape index (κ2) is 12.5. The molecule has 0 saturated carbocycles. The first-order valence-electron chi connectivity index (χ1n) is 12.2. The molecular formula is C32H37ClN2. The van der Waals surface area contributed by atoms with Crippen molar-refractivity contribution in [1.29, 1.82) is 0 Å². The summed E-state index contributed by atoms with van der Waals surface area (Å²) in [5.74, 6) is 0.754. The van der Waals surface area contributed by atoms with Gasteiger partial charge in [0.05, 0.1) is 0 Å². The average Bonchev–Trinajstić information content (AvgIpc) is 2.89. The summed E-state index contributed by atoms with van der Waals surface area (Å²) in [5, 5.41) is 2.54. The Hall–Kier alpha value is -3.23. The summed E-state index contributed by atoms with van der Waals surface area (Å²) in [6.45, 7) is 9.89. The smallest absolute Gasteiger partial charge is 0.0480 e. The number of halogens is 1. The zero-order valence-electron chi connectivity index (χ0n) is 21.5. The van der Waals surface area contributed by atoms with E-state index in [4.69, 9.17) is 5.73 Å². The van der Waals surface area contributed by atoms with Gasteiger partial charge < -0.3 is 10.6 Å². The van der Waals surface area contributed by atoms with E-state index in [0.29, 0.717) is 11.8 Å². The van der Waals surface area contributed by atoms with Crippen LogP contribution in [0, 0.1) is 0 Å². The summed E-state index contributed by atoms with van der Waals surface area (Å²) in [4.78, 5) is 2.31. The minimum Gasteiger partial charge on any atom is -0.403 e. The van der Waals surface area contributed by atoms with E-state index < -0.39 is 0 Å². The molecule has 0 aliphatic carbocycles. The van der Waals surface area contributed by atoms with Gasteiger partial charge in [-0.1, -0.05) is 94.4 Å². The molecule has 0 spiro atoms. The molecule has 0 unspecified atom stereocenters. The predicted octanol–water partition coefficient (Wildman–Crippen LogP) is 9.05. The maximum absolute atomic E-state index is 5.92. The summed E-state index contributed by atoms with van der Waals surface area (Å²) in [6.07, 6.45) is 5.13. The van der Waals surface area contributed by atoms with Crippen molar-refractivity contribution in [3.63, 3.8) is 0 Å². The Labute approximate surface area is 216 Å². The maximum Gasteiger partial charge on any atom is 0.0480 e. The fourth-order valence-electron chi connectivity index (χ4n) is 4.52. The molecule has 0 aliphatic heterocycles. The van der Waals surface area contributed by atoms with Crippen molar-refractivity contribution in [1.82, 2.24) is 0 Å². The van der Waals surface area contributed by atoms with Gasteiger partial charge in [0.25, 0.3) is 0 Å². The van der Waals surface area contributed by atoms with Gasteiger partial charge in [-0.05, 0) is 68.6 Å². The Kier molecular flexibility index (Phi) is 9.39. The molecule has 0 aliphatic rings. The van der Waals surface area contributed by atoms with Gasteiger partial charge in [0, 0.05) is 31.0 Å². The van der Waals surface area contributed by atoms with E-state index in [1.807, 2.05) is 6.20 Å². The number of fused-ring (bicyclic) bond motifs is 1. The summed E-state index contributed by atoms with van der Waals surface area (Å²) < 4.78 is 0. The highest BCUT2D eigenvalue weighted by Crippen LogP contribution is 2.40. The lowest BCUT2D eigenvalue weighted by molar-refractivity contribution is 0.811. The Morgan fingerprint density at radius 2 is 1.29 bits per heavy atom. The van der Waals surface area contributed by atoms with Gasteiger partial charge in [-0.3, -0.25) is 0 Å². The molecule has 182 valence electrons. The van der Waals surface area contributed by atoms with E-state index in [1.54, 1.807) is 6.20 Å². The predicted molar refractivity (Wildman–Crippen MR) is 155 cm³/mol. The second-order valence-electron chi connectivity index (χ2n) is 9.33. The molecule has 2 N–H and O–H groups in total. The van der Waals surface area contributed by atoms with E-state index in [2.05, 4.69) is 129 Å². The highest BCUT2D eigenvalue weighted by Gasteiger charge is 2.21. The van der Waals surface area contributed by atoms with Crippen molar-refractivity contribution in [3.05, 3.63) is 114 Å². The minimum atomic E-state index is 0.377. The average molecular weight is 485 g/mol. The van der Waals surface area contributed by atoms with Crippen molar-refractivity contribution >= 4 is 28.1 Å². The van der Waals surface area contributed by atoms with Gasteiger partial charge in [-0.15, -0.1) is 11.6 Å². The van der Waals surface area contributed by atoms with E-state index in [9.17, 15) is 0 Å². The molecule has 0 amide bonds. The van der Waals surface area contributed by atoms with Crippen molar-refractivity contribution in [2.24, 2.45) is 5.73 Å². The number of anilines is 1. The van der Waals surface area contributed by atoms with E-state index in [0.717, 1.165) is 6.54 Å². The van der Waals surface area contributed by atoms with Gasteiger partial charge in [-0.25, -0.2) is 0 Å². The summed E-state index contributed by atoms with van der Waals surface area (Å²) in [6, 6.07) is 30.7. The van der Waals surface area contributed by atoms with E-state index >= 15 is 0 Å². The third-order valence-corrected chi connectivity index (χ3v) is 6.24. The van der Waals surface area contributed by atoms with Gasteiger partial charge in [0.2, 0.25) is 0 Å². The van der Waals surface area contributed by atoms with Gasteiger partial charge in [0.1, 0.15) is 0 Å². The fourth-order valence-corrected chi connectivity index (χ4v) is 4.52. The highest BCUT2D eigenvalue weighted by molar-refractivity contribution is 6.15. The third-order valence-electron chi connectivity index (χ3n) is 6.24. The molecule has 2 nitrogen and oxygen atoms in total. The molecule has 0 heterocycles. The number of benzene rings is 4. The highest BCUT2D eigenvalue weighted by atomic mass is 35.5. The summed E-state index contributed by atoms with van der Waals surface area (Å²) >= 11 is 4.64. The fraction of sp³-hybridized carbons (Fsp3) is 0.250. The number of nitrogens with zero attached hydrogens (tertiary/aromatic N) is 1. The topological polar surface area (TPSA) is 29.3 Å². The molecule has 4 aromatic carbocycles. The van der Waals surface area contributed by atoms with Crippen molar-refractivity contribution < 1.29 is 0 Å². The largest absolute Gasteiger partial charge is 0.403 e. The van der Waals surface area contributed by atoms with Crippen molar-refractivity contribution in [2.45, 2.75) is 46.1 Å². The van der Waals surface area contributed by atoms with E-state index in [1.165, 1.54) is 50.7 Å². The Bertz CT molecular complexity index is 1230. The van der Waals surface area contributed by atoms with Crippen LogP contribution in [0.4, 0.5) is 5.69 Å². The quantitative estimate of drug-likeness (QED) is 0.265. The molecule has 0 atom stereocenters. The summed E-state index contributed by atoms with van der Waals surface area (Å²) in [5.41, 5.74) is 13.7. The lowest BCUT2D eigenvalue weighted by Gasteiger charge is -2.30. The number of hydrogen-bond acceptors (Lipinski definition) is 2.